The van der Waals surface area contributed by atoms with Gasteiger partial charge in [-0.15, -0.1) is 0 Å². The molecule has 102 valence electrons. The number of rotatable bonds is 4. The fourth-order valence-electron chi connectivity index (χ4n) is 1.88. The second kappa shape index (κ2) is 5.57. The van der Waals surface area contributed by atoms with Crippen LogP contribution in [0.15, 0.2) is 36.8 Å². The topological polar surface area (TPSA) is 81.6 Å². The number of hydrogen-bond donors (Lipinski definition) is 2. The van der Waals surface area contributed by atoms with Gasteiger partial charge in [-0.3, -0.25) is 9.78 Å². The Hall–Kier alpha value is -2.61. The number of carbonyl (C=O) groups excluding carboxylic acids is 1. The molecule has 0 spiro atoms. The molecular weight excluding hydrogens is 252 g/mol. The number of amides is 1. The van der Waals surface area contributed by atoms with E-state index in [0.717, 1.165) is 5.69 Å². The van der Waals surface area contributed by atoms with Crippen LogP contribution < -0.4 is 5.32 Å². The number of nitrogens with zero attached hydrogens (tertiary/aromatic N) is 2. The summed E-state index contributed by atoms with van der Waals surface area (Å²) in [7, 11) is 0. The lowest BCUT2D eigenvalue weighted by molar-refractivity contribution is 0.0945. The molecule has 5 nitrogen and oxygen atoms in total. The maximum Gasteiger partial charge on any atom is 0.252 e. The molecule has 5 heteroatoms. The van der Waals surface area contributed by atoms with Gasteiger partial charge >= 0.3 is 0 Å². The highest BCUT2D eigenvalue weighted by Gasteiger charge is 2.22. The van der Waals surface area contributed by atoms with Crippen LogP contribution in [0.5, 0.6) is 0 Å². The van der Waals surface area contributed by atoms with Gasteiger partial charge in [0.25, 0.3) is 5.91 Å². The molecular formula is C15H16N4O. The molecule has 2 heterocycles. The Morgan fingerprint density at radius 2 is 2.30 bits per heavy atom. The van der Waals surface area contributed by atoms with E-state index in [-0.39, 0.29) is 11.3 Å². The summed E-state index contributed by atoms with van der Waals surface area (Å²) < 4.78 is 0. The van der Waals surface area contributed by atoms with Crippen molar-refractivity contribution in [2.75, 3.05) is 6.54 Å². The average molecular weight is 268 g/mol. The molecule has 20 heavy (non-hydrogen) atoms. The molecule has 0 aliphatic heterocycles. The van der Waals surface area contributed by atoms with Crippen LogP contribution in [-0.4, -0.2) is 22.4 Å². The standard InChI is InChI=1S/C15H16N4O/c1-15(2,13-4-3-5-18-13)10-19-14(20)12-6-11(7-16)8-17-9-12/h3-6,8-9,18H,10H2,1-2H3,(H,19,20). The van der Waals surface area contributed by atoms with Crippen molar-refractivity contribution in [3.8, 4) is 6.07 Å². The van der Waals surface area contributed by atoms with E-state index in [1.54, 1.807) is 0 Å². The summed E-state index contributed by atoms with van der Waals surface area (Å²) in [5.74, 6) is -0.228. The van der Waals surface area contributed by atoms with Crippen LogP contribution in [0.1, 0.15) is 35.5 Å². The van der Waals surface area contributed by atoms with Crippen LogP contribution >= 0.6 is 0 Å². The van der Waals surface area contributed by atoms with E-state index in [2.05, 4.69) is 15.3 Å². The highest BCUT2D eigenvalue weighted by Crippen LogP contribution is 2.20. The SMILES string of the molecule is CC(C)(CNC(=O)c1cncc(C#N)c1)c1ccc[nH]1. The largest absolute Gasteiger partial charge is 0.364 e. The number of carbonyl (C=O) groups is 1. The highest BCUT2D eigenvalue weighted by atomic mass is 16.1. The summed E-state index contributed by atoms with van der Waals surface area (Å²) in [4.78, 5) is 19.1. The first-order valence-electron chi connectivity index (χ1n) is 6.30. The third kappa shape index (κ3) is 3.04. The number of hydrogen-bond acceptors (Lipinski definition) is 3. The molecule has 0 bridgehead atoms. The Morgan fingerprint density at radius 1 is 1.50 bits per heavy atom. The Balaban J connectivity index is 2.04. The second-order valence-electron chi connectivity index (χ2n) is 5.22. The van der Waals surface area contributed by atoms with Crippen LogP contribution in [0, 0.1) is 11.3 Å². The van der Waals surface area contributed by atoms with E-state index in [1.807, 2.05) is 38.2 Å². The van der Waals surface area contributed by atoms with Gasteiger partial charge in [-0.2, -0.15) is 5.26 Å². The summed E-state index contributed by atoms with van der Waals surface area (Å²) in [6, 6.07) is 7.42. The fourth-order valence-corrected chi connectivity index (χ4v) is 1.88. The first-order valence-corrected chi connectivity index (χ1v) is 6.30. The molecule has 0 unspecified atom stereocenters. The molecule has 0 fully saturated rings. The Kier molecular flexibility index (Phi) is 3.85. The molecule has 2 rings (SSSR count). The molecule has 0 saturated carbocycles. The zero-order valence-electron chi connectivity index (χ0n) is 11.5. The van der Waals surface area contributed by atoms with Crippen LogP contribution in [0.2, 0.25) is 0 Å². The number of nitriles is 1. The first kappa shape index (κ1) is 13.8. The fraction of sp³-hybridized carbons (Fsp3) is 0.267. The molecule has 0 radical (unpaired) electrons. The minimum atomic E-state index is -0.228. The van der Waals surface area contributed by atoms with Crippen LogP contribution in [0.3, 0.4) is 0 Å². The number of nitrogens with one attached hydrogen (secondary N) is 2. The van der Waals surface area contributed by atoms with Crippen LogP contribution in [0.25, 0.3) is 0 Å². The average Bonchev–Trinajstić information content (AvgIpc) is 3.00. The van der Waals surface area contributed by atoms with Crippen molar-refractivity contribution in [1.82, 2.24) is 15.3 Å². The van der Waals surface area contributed by atoms with Crippen molar-refractivity contribution < 1.29 is 4.79 Å². The molecule has 1 amide bonds. The summed E-state index contributed by atoms with van der Waals surface area (Å²) >= 11 is 0. The quantitative estimate of drug-likeness (QED) is 0.889. The van der Waals surface area contributed by atoms with Gasteiger partial charge in [0.05, 0.1) is 11.1 Å². The second-order valence-corrected chi connectivity index (χ2v) is 5.22. The zero-order valence-corrected chi connectivity index (χ0v) is 11.5. The molecule has 2 N–H and O–H groups in total. The predicted molar refractivity (Wildman–Crippen MR) is 75.1 cm³/mol. The number of aromatic amines is 1. The van der Waals surface area contributed by atoms with Crippen molar-refractivity contribution in [1.29, 1.82) is 5.26 Å². The van der Waals surface area contributed by atoms with Crippen LogP contribution in [0.4, 0.5) is 0 Å². The van der Waals surface area contributed by atoms with E-state index in [1.165, 1.54) is 18.5 Å². The van der Waals surface area contributed by atoms with Crippen molar-refractivity contribution in [2.45, 2.75) is 19.3 Å². The van der Waals surface area contributed by atoms with Crippen LogP contribution in [-0.2, 0) is 5.41 Å². The monoisotopic (exact) mass is 268 g/mol. The highest BCUT2D eigenvalue weighted by molar-refractivity contribution is 5.94. The maximum atomic E-state index is 12.1. The minimum Gasteiger partial charge on any atom is -0.364 e. The molecule has 0 aromatic carbocycles. The third-order valence-electron chi connectivity index (χ3n) is 3.15. The van der Waals surface area contributed by atoms with Gasteiger partial charge in [0.15, 0.2) is 0 Å². The lowest BCUT2D eigenvalue weighted by atomic mass is 9.89. The van der Waals surface area contributed by atoms with Crippen molar-refractivity contribution in [2.24, 2.45) is 0 Å². The Morgan fingerprint density at radius 3 is 2.95 bits per heavy atom. The number of aromatic nitrogens is 2. The van der Waals surface area contributed by atoms with Gasteiger partial charge in [0.2, 0.25) is 0 Å². The number of pyridine rings is 1. The van der Waals surface area contributed by atoms with Gasteiger partial charge in [0, 0.05) is 36.2 Å². The van der Waals surface area contributed by atoms with Crippen molar-refractivity contribution >= 4 is 5.91 Å². The zero-order chi connectivity index (χ0) is 14.6. The van der Waals surface area contributed by atoms with E-state index in [4.69, 9.17) is 5.26 Å². The summed E-state index contributed by atoms with van der Waals surface area (Å²) in [5.41, 5.74) is 1.63. The van der Waals surface area contributed by atoms with E-state index < -0.39 is 0 Å². The van der Waals surface area contributed by atoms with Gasteiger partial charge in [-0.1, -0.05) is 13.8 Å². The van der Waals surface area contributed by atoms with Crippen molar-refractivity contribution in [3.05, 3.63) is 53.6 Å². The minimum absolute atomic E-state index is 0.195. The molecule has 0 aliphatic carbocycles. The third-order valence-corrected chi connectivity index (χ3v) is 3.15. The smallest absolute Gasteiger partial charge is 0.252 e. The van der Waals surface area contributed by atoms with E-state index in [9.17, 15) is 4.79 Å². The predicted octanol–water partition coefficient (Wildman–Crippen LogP) is 1.99. The van der Waals surface area contributed by atoms with Gasteiger partial charge in [-0.05, 0) is 18.2 Å². The van der Waals surface area contributed by atoms with Gasteiger partial charge in [-0.25, -0.2) is 0 Å². The van der Waals surface area contributed by atoms with Gasteiger partial charge < -0.3 is 10.3 Å². The van der Waals surface area contributed by atoms with Crippen molar-refractivity contribution in [3.63, 3.8) is 0 Å². The Labute approximate surface area is 117 Å². The molecule has 0 saturated heterocycles. The maximum absolute atomic E-state index is 12.1. The lowest BCUT2D eigenvalue weighted by Gasteiger charge is -2.23. The van der Waals surface area contributed by atoms with Gasteiger partial charge in [0.1, 0.15) is 6.07 Å². The molecule has 0 aliphatic rings. The first-order chi connectivity index (χ1) is 9.53. The number of H-pyrrole nitrogens is 1. The van der Waals surface area contributed by atoms with E-state index >= 15 is 0 Å². The Bertz CT molecular complexity index is 638. The molecule has 2 aromatic heterocycles. The summed E-state index contributed by atoms with van der Waals surface area (Å²) in [5, 5.41) is 11.7. The summed E-state index contributed by atoms with van der Waals surface area (Å²) in [6.07, 6.45) is 4.75. The summed E-state index contributed by atoms with van der Waals surface area (Å²) in [6.45, 7) is 4.58. The molecule has 2 aromatic rings. The van der Waals surface area contributed by atoms with E-state index in [0.29, 0.717) is 17.7 Å². The molecule has 0 atom stereocenters. The normalized spacial score (nSPS) is 10.8. The lowest BCUT2D eigenvalue weighted by Crippen LogP contribution is -2.37.